The first-order chi connectivity index (χ1) is 11.7. The highest BCUT2D eigenvalue weighted by atomic mass is 28.3. The Labute approximate surface area is 153 Å². The van der Waals surface area contributed by atoms with Gasteiger partial charge in [-0.15, -0.1) is 0 Å². The van der Waals surface area contributed by atoms with Crippen LogP contribution in [0.15, 0.2) is 54.7 Å². The number of benzene rings is 1. The third-order valence-corrected chi connectivity index (χ3v) is 8.36. The number of fused-ring (bicyclic) bond motifs is 1. The average Bonchev–Trinajstić information content (AvgIpc) is 2.53. The Morgan fingerprint density at radius 3 is 2.04 bits per heavy atom. The van der Waals surface area contributed by atoms with Gasteiger partial charge in [0.25, 0.3) is 0 Å². The molecule has 129 valence electrons. The van der Waals surface area contributed by atoms with Gasteiger partial charge in [-0.2, -0.15) is 0 Å². The fourth-order valence-corrected chi connectivity index (χ4v) is 8.50. The zero-order valence-corrected chi connectivity index (χ0v) is 17.1. The molecule has 1 radical (unpaired) electrons. The van der Waals surface area contributed by atoms with Gasteiger partial charge in [0, 0.05) is 11.6 Å². The van der Waals surface area contributed by atoms with Crippen LogP contribution in [-0.2, 0) is 0 Å². The van der Waals surface area contributed by atoms with E-state index in [0.29, 0.717) is 0 Å². The van der Waals surface area contributed by atoms with Gasteiger partial charge in [0.15, 0.2) is 0 Å². The molecule has 3 heteroatoms. The van der Waals surface area contributed by atoms with Gasteiger partial charge in [0.05, 0.1) is 25.7 Å². The number of hydrogen-bond acceptors (Lipinski definition) is 2. The van der Waals surface area contributed by atoms with Crippen molar-refractivity contribution in [2.45, 2.75) is 51.6 Å². The van der Waals surface area contributed by atoms with Crippen LogP contribution in [0.25, 0.3) is 22.3 Å². The van der Waals surface area contributed by atoms with E-state index in [1.165, 1.54) is 10.6 Å². The molecule has 0 aliphatic carbocycles. The van der Waals surface area contributed by atoms with Crippen LogP contribution in [0.2, 0.25) is 10.1 Å². The van der Waals surface area contributed by atoms with E-state index in [1.54, 1.807) is 0 Å². The summed E-state index contributed by atoms with van der Waals surface area (Å²) in [6, 6.07) is 16.9. The van der Waals surface area contributed by atoms with Crippen LogP contribution in [0.5, 0.6) is 0 Å². The second-order valence-corrected chi connectivity index (χ2v) is 13.0. The SMILES string of the molecule is CC(C)(C)[Si](c1cccc2ccc(-c3ccccn3)nc12)C(C)(C)C. The molecular formula is C22H27N2Si. The summed E-state index contributed by atoms with van der Waals surface area (Å²) < 4.78 is 0. The Morgan fingerprint density at radius 1 is 0.720 bits per heavy atom. The van der Waals surface area contributed by atoms with Gasteiger partial charge in [-0.05, 0) is 33.5 Å². The Kier molecular flexibility index (Phi) is 4.54. The van der Waals surface area contributed by atoms with Gasteiger partial charge in [0.2, 0.25) is 0 Å². The fourth-order valence-electron chi connectivity index (χ4n) is 3.94. The summed E-state index contributed by atoms with van der Waals surface area (Å²) >= 11 is 0. The Bertz CT molecular complexity index is 860. The number of rotatable bonds is 2. The highest BCUT2D eigenvalue weighted by Crippen LogP contribution is 2.42. The van der Waals surface area contributed by atoms with Crippen molar-refractivity contribution in [3.8, 4) is 11.4 Å². The first-order valence-corrected chi connectivity index (χ1v) is 10.4. The van der Waals surface area contributed by atoms with Crippen LogP contribution < -0.4 is 5.19 Å². The molecule has 0 N–H and O–H groups in total. The highest BCUT2D eigenvalue weighted by Gasteiger charge is 2.39. The minimum absolute atomic E-state index is 0.250. The highest BCUT2D eigenvalue weighted by molar-refractivity contribution is 6.80. The maximum Gasteiger partial charge on any atom is 0.0999 e. The lowest BCUT2D eigenvalue weighted by Crippen LogP contribution is -2.46. The summed E-state index contributed by atoms with van der Waals surface area (Å²) in [5, 5.41) is 3.15. The minimum atomic E-state index is -0.859. The van der Waals surface area contributed by atoms with Crippen LogP contribution in [0, 0.1) is 0 Å². The summed E-state index contributed by atoms with van der Waals surface area (Å²) in [5.41, 5.74) is 3.02. The molecule has 0 aliphatic heterocycles. The van der Waals surface area contributed by atoms with Crippen molar-refractivity contribution in [3.05, 3.63) is 54.7 Å². The molecule has 0 saturated heterocycles. The van der Waals surface area contributed by atoms with Gasteiger partial charge in [-0.25, -0.2) is 4.98 Å². The van der Waals surface area contributed by atoms with Crippen molar-refractivity contribution in [1.29, 1.82) is 0 Å². The molecule has 3 aromatic rings. The van der Waals surface area contributed by atoms with E-state index in [4.69, 9.17) is 4.98 Å². The number of para-hydroxylation sites is 1. The third-order valence-electron chi connectivity index (χ3n) is 4.42. The summed E-state index contributed by atoms with van der Waals surface area (Å²) in [6.45, 7) is 14.2. The van der Waals surface area contributed by atoms with Crippen LogP contribution in [-0.4, -0.2) is 18.8 Å². The molecule has 0 bridgehead atoms. The zero-order chi connectivity index (χ0) is 18.2. The Hall–Kier alpha value is -2.00. The van der Waals surface area contributed by atoms with E-state index in [9.17, 15) is 0 Å². The van der Waals surface area contributed by atoms with Gasteiger partial charge in [-0.3, -0.25) is 4.98 Å². The Balaban J connectivity index is 2.25. The van der Waals surface area contributed by atoms with Gasteiger partial charge < -0.3 is 0 Å². The molecule has 2 heterocycles. The first-order valence-electron chi connectivity index (χ1n) is 8.87. The van der Waals surface area contributed by atoms with Crippen molar-refractivity contribution in [3.63, 3.8) is 0 Å². The predicted octanol–water partition coefficient (Wildman–Crippen LogP) is 5.60. The normalized spacial score (nSPS) is 12.8. The van der Waals surface area contributed by atoms with E-state index in [0.717, 1.165) is 16.9 Å². The molecule has 2 aromatic heterocycles. The van der Waals surface area contributed by atoms with E-state index < -0.39 is 8.80 Å². The summed E-state index contributed by atoms with van der Waals surface area (Å²) in [7, 11) is -0.859. The number of pyridine rings is 2. The third kappa shape index (κ3) is 3.66. The Morgan fingerprint density at radius 2 is 1.44 bits per heavy atom. The second kappa shape index (κ2) is 6.38. The van der Waals surface area contributed by atoms with Crippen molar-refractivity contribution < 1.29 is 0 Å². The van der Waals surface area contributed by atoms with E-state index in [2.05, 4.69) is 76.9 Å². The molecule has 0 amide bonds. The molecule has 2 nitrogen and oxygen atoms in total. The smallest absolute Gasteiger partial charge is 0.0999 e. The van der Waals surface area contributed by atoms with Gasteiger partial charge in [0.1, 0.15) is 0 Å². The quantitative estimate of drug-likeness (QED) is 0.564. The largest absolute Gasteiger partial charge is 0.255 e. The number of nitrogens with zero attached hydrogens (tertiary/aromatic N) is 2. The van der Waals surface area contributed by atoms with E-state index >= 15 is 0 Å². The van der Waals surface area contributed by atoms with Gasteiger partial charge in [-0.1, -0.05) is 71.9 Å². The lowest BCUT2D eigenvalue weighted by Gasteiger charge is -2.39. The van der Waals surface area contributed by atoms with Crippen LogP contribution in [0.3, 0.4) is 0 Å². The molecule has 0 aliphatic rings. The summed E-state index contributed by atoms with van der Waals surface area (Å²) in [5.74, 6) is 0. The lowest BCUT2D eigenvalue weighted by atomic mass is 10.1. The topological polar surface area (TPSA) is 25.8 Å². The van der Waals surface area contributed by atoms with Crippen LogP contribution in [0.4, 0.5) is 0 Å². The maximum atomic E-state index is 5.06. The van der Waals surface area contributed by atoms with E-state index in [1.807, 2.05) is 24.4 Å². The number of hydrogen-bond donors (Lipinski definition) is 0. The molecule has 0 spiro atoms. The van der Waals surface area contributed by atoms with Crippen molar-refractivity contribution in [1.82, 2.24) is 9.97 Å². The summed E-state index contributed by atoms with van der Waals surface area (Å²) in [4.78, 5) is 9.53. The van der Waals surface area contributed by atoms with Crippen molar-refractivity contribution >= 4 is 24.9 Å². The van der Waals surface area contributed by atoms with Gasteiger partial charge >= 0.3 is 0 Å². The monoisotopic (exact) mass is 347 g/mol. The van der Waals surface area contributed by atoms with Crippen LogP contribution >= 0.6 is 0 Å². The zero-order valence-electron chi connectivity index (χ0n) is 16.1. The van der Waals surface area contributed by atoms with Crippen molar-refractivity contribution in [2.24, 2.45) is 0 Å². The molecule has 25 heavy (non-hydrogen) atoms. The molecule has 0 fully saturated rings. The molecular weight excluding hydrogens is 320 g/mol. The molecule has 0 saturated carbocycles. The first kappa shape index (κ1) is 17.8. The molecule has 0 unspecified atom stereocenters. The maximum absolute atomic E-state index is 5.06. The molecule has 1 aromatic carbocycles. The minimum Gasteiger partial charge on any atom is -0.255 e. The molecule has 3 rings (SSSR count). The summed E-state index contributed by atoms with van der Waals surface area (Å²) in [6.07, 6.45) is 1.83. The fraction of sp³-hybridized carbons (Fsp3) is 0.364. The second-order valence-electron chi connectivity index (χ2n) is 8.66. The number of aromatic nitrogens is 2. The molecule has 0 atom stereocenters. The van der Waals surface area contributed by atoms with Crippen LogP contribution in [0.1, 0.15) is 41.5 Å². The average molecular weight is 348 g/mol. The standard InChI is InChI=1S/C22H27N2Si/c1-21(2,3)25(22(4,5)6)19-12-9-10-16-13-14-18(24-20(16)19)17-11-7-8-15-23-17/h7-15H,1-6H3. The van der Waals surface area contributed by atoms with Crippen molar-refractivity contribution in [2.75, 3.05) is 0 Å². The lowest BCUT2D eigenvalue weighted by molar-refractivity contribution is 0.654. The predicted molar refractivity (Wildman–Crippen MR) is 110 cm³/mol. The van der Waals surface area contributed by atoms with E-state index in [-0.39, 0.29) is 10.1 Å².